The lowest BCUT2D eigenvalue weighted by Crippen LogP contribution is -1.83. The Morgan fingerprint density at radius 1 is 1.00 bits per heavy atom. The average Bonchev–Trinajstić information content (AvgIpc) is 2.98. The molecule has 5 heteroatoms. The van der Waals surface area contributed by atoms with Gasteiger partial charge in [-0.2, -0.15) is 0 Å². The predicted molar refractivity (Wildman–Crippen MR) is 92.9 cm³/mol. The minimum Gasteiger partial charge on any atom is -0.411 e. The van der Waals surface area contributed by atoms with Crippen LogP contribution in [0.5, 0.6) is 0 Å². The molecule has 3 aromatic rings. The van der Waals surface area contributed by atoms with Crippen molar-refractivity contribution in [2.45, 2.75) is 24.8 Å². The van der Waals surface area contributed by atoms with Crippen molar-refractivity contribution in [3.63, 3.8) is 0 Å². The first-order valence-electron chi connectivity index (χ1n) is 6.90. The Kier molecular flexibility index (Phi) is 4.64. The van der Waals surface area contributed by atoms with Crippen LogP contribution in [-0.4, -0.2) is 10.2 Å². The third-order valence-electron chi connectivity index (χ3n) is 3.44. The van der Waals surface area contributed by atoms with E-state index in [1.54, 1.807) is 11.8 Å². The molecule has 0 atom stereocenters. The van der Waals surface area contributed by atoms with Crippen LogP contribution in [0.25, 0.3) is 11.5 Å². The van der Waals surface area contributed by atoms with E-state index >= 15 is 0 Å². The molecule has 0 unspecified atom stereocenters. The summed E-state index contributed by atoms with van der Waals surface area (Å²) >= 11 is 4.98. The first-order valence-corrected chi connectivity index (χ1v) is 8.68. The van der Waals surface area contributed by atoms with Gasteiger partial charge in [-0.3, -0.25) is 0 Å². The van der Waals surface area contributed by atoms with E-state index in [-0.39, 0.29) is 0 Å². The van der Waals surface area contributed by atoms with Gasteiger partial charge in [0.15, 0.2) is 0 Å². The molecule has 0 fully saturated rings. The zero-order chi connectivity index (χ0) is 15.5. The summed E-state index contributed by atoms with van der Waals surface area (Å²) in [4.78, 5) is 0. The Hall–Kier alpha value is -1.59. The number of halogens is 1. The maximum atomic E-state index is 5.74. The van der Waals surface area contributed by atoms with Gasteiger partial charge in [-0.1, -0.05) is 45.9 Å². The van der Waals surface area contributed by atoms with E-state index < -0.39 is 0 Å². The summed E-state index contributed by atoms with van der Waals surface area (Å²) in [6.45, 7) is 4.17. The summed E-state index contributed by atoms with van der Waals surface area (Å²) in [5, 5.41) is 8.85. The molecule has 0 saturated carbocycles. The normalized spacial score (nSPS) is 10.9. The summed E-state index contributed by atoms with van der Waals surface area (Å²) < 4.78 is 6.82. The van der Waals surface area contributed by atoms with E-state index in [2.05, 4.69) is 64.2 Å². The first-order chi connectivity index (χ1) is 10.6. The minimum atomic E-state index is 0.571. The van der Waals surface area contributed by atoms with Crippen LogP contribution in [0.3, 0.4) is 0 Å². The summed E-state index contributed by atoms with van der Waals surface area (Å²) in [5.41, 5.74) is 4.66. The van der Waals surface area contributed by atoms with Gasteiger partial charge in [0.25, 0.3) is 5.22 Å². The molecule has 0 radical (unpaired) electrons. The summed E-state index contributed by atoms with van der Waals surface area (Å²) in [6, 6.07) is 14.4. The highest BCUT2D eigenvalue weighted by molar-refractivity contribution is 9.10. The molecular formula is C17H15BrN2OS. The molecule has 112 valence electrons. The Morgan fingerprint density at radius 3 is 2.50 bits per heavy atom. The van der Waals surface area contributed by atoms with Gasteiger partial charge >= 0.3 is 0 Å². The molecule has 0 N–H and O–H groups in total. The van der Waals surface area contributed by atoms with Crippen molar-refractivity contribution in [1.82, 2.24) is 10.2 Å². The van der Waals surface area contributed by atoms with Crippen molar-refractivity contribution in [2.75, 3.05) is 0 Å². The number of benzene rings is 2. The highest BCUT2D eigenvalue weighted by Gasteiger charge is 2.10. The summed E-state index contributed by atoms with van der Waals surface area (Å²) in [5.74, 6) is 1.38. The standard InChI is InChI=1S/C17H15BrN2OS/c1-11-3-6-14(9-12(11)2)16-19-20-17(21-16)22-10-13-4-7-15(18)8-5-13/h3-9H,10H2,1-2H3. The van der Waals surface area contributed by atoms with Gasteiger partial charge in [0.1, 0.15) is 0 Å². The topological polar surface area (TPSA) is 38.9 Å². The second kappa shape index (κ2) is 6.67. The SMILES string of the molecule is Cc1ccc(-c2nnc(SCc3ccc(Br)cc3)o2)cc1C. The van der Waals surface area contributed by atoms with Gasteiger partial charge in [0.05, 0.1) is 0 Å². The molecule has 2 aromatic carbocycles. The first kappa shape index (κ1) is 15.3. The van der Waals surface area contributed by atoms with E-state index in [0.717, 1.165) is 15.8 Å². The van der Waals surface area contributed by atoms with E-state index in [9.17, 15) is 0 Å². The molecule has 3 nitrogen and oxygen atoms in total. The highest BCUT2D eigenvalue weighted by atomic mass is 79.9. The van der Waals surface area contributed by atoms with Gasteiger partial charge in [-0.05, 0) is 54.8 Å². The Balaban J connectivity index is 1.70. The summed E-state index contributed by atoms with van der Waals surface area (Å²) in [7, 11) is 0. The molecule has 0 spiro atoms. The number of hydrogen-bond acceptors (Lipinski definition) is 4. The van der Waals surface area contributed by atoms with Crippen LogP contribution >= 0.6 is 27.7 Å². The predicted octanol–water partition coefficient (Wildman–Crippen LogP) is 5.41. The third-order valence-corrected chi connectivity index (χ3v) is 4.85. The zero-order valence-corrected chi connectivity index (χ0v) is 14.7. The molecule has 0 aliphatic rings. The molecule has 0 bridgehead atoms. The third kappa shape index (κ3) is 3.59. The van der Waals surface area contributed by atoms with E-state index in [0.29, 0.717) is 11.1 Å². The lowest BCUT2D eigenvalue weighted by atomic mass is 10.1. The van der Waals surface area contributed by atoms with Crippen molar-refractivity contribution in [3.8, 4) is 11.5 Å². The minimum absolute atomic E-state index is 0.571. The molecule has 0 amide bonds. The smallest absolute Gasteiger partial charge is 0.277 e. The van der Waals surface area contributed by atoms with Crippen LogP contribution < -0.4 is 0 Å². The second-order valence-electron chi connectivity index (χ2n) is 5.09. The number of aromatic nitrogens is 2. The van der Waals surface area contributed by atoms with Crippen molar-refractivity contribution in [3.05, 3.63) is 63.6 Å². The molecule has 22 heavy (non-hydrogen) atoms. The maximum Gasteiger partial charge on any atom is 0.277 e. The van der Waals surface area contributed by atoms with Crippen molar-refractivity contribution < 1.29 is 4.42 Å². The van der Waals surface area contributed by atoms with Gasteiger partial charge in [-0.15, -0.1) is 10.2 Å². The molecule has 3 rings (SSSR count). The zero-order valence-electron chi connectivity index (χ0n) is 12.3. The van der Waals surface area contributed by atoms with Crippen molar-refractivity contribution >= 4 is 27.7 Å². The number of hydrogen-bond donors (Lipinski definition) is 0. The number of nitrogens with zero attached hydrogens (tertiary/aromatic N) is 2. The fourth-order valence-electron chi connectivity index (χ4n) is 1.98. The van der Waals surface area contributed by atoms with Crippen molar-refractivity contribution in [2.24, 2.45) is 0 Å². The van der Waals surface area contributed by atoms with Gasteiger partial charge < -0.3 is 4.42 Å². The molecule has 1 aromatic heterocycles. The largest absolute Gasteiger partial charge is 0.411 e. The van der Waals surface area contributed by atoms with Crippen molar-refractivity contribution in [1.29, 1.82) is 0 Å². The lowest BCUT2D eigenvalue weighted by molar-refractivity contribution is 0.466. The highest BCUT2D eigenvalue weighted by Crippen LogP contribution is 2.27. The molecule has 0 aliphatic heterocycles. The maximum absolute atomic E-state index is 5.74. The van der Waals surface area contributed by atoms with Gasteiger partial charge in [0.2, 0.25) is 5.89 Å². The van der Waals surface area contributed by atoms with Crippen LogP contribution in [0, 0.1) is 13.8 Å². The number of aryl methyl sites for hydroxylation is 2. The Morgan fingerprint density at radius 2 is 1.77 bits per heavy atom. The van der Waals surface area contributed by atoms with Crippen LogP contribution in [-0.2, 0) is 5.75 Å². The average molecular weight is 375 g/mol. The Labute approximate surface area is 142 Å². The van der Waals surface area contributed by atoms with Crippen LogP contribution in [0.15, 0.2) is 56.6 Å². The number of thioether (sulfide) groups is 1. The van der Waals surface area contributed by atoms with Crippen LogP contribution in [0.4, 0.5) is 0 Å². The molecular weight excluding hydrogens is 360 g/mol. The molecule has 0 saturated heterocycles. The van der Waals surface area contributed by atoms with Crippen LogP contribution in [0.1, 0.15) is 16.7 Å². The van der Waals surface area contributed by atoms with Gasteiger partial charge in [-0.25, -0.2) is 0 Å². The summed E-state index contributed by atoms with van der Waals surface area (Å²) in [6.07, 6.45) is 0. The van der Waals surface area contributed by atoms with E-state index in [4.69, 9.17) is 4.42 Å². The fraction of sp³-hybridized carbons (Fsp3) is 0.176. The number of rotatable bonds is 4. The van der Waals surface area contributed by atoms with E-state index in [1.165, 1.54) is 16.7 Å². The second-order valence-corrected chi connectivity index (χ2v) is 6.93. The van der Waals surface area contributed by atoms with E-state index in [1.807, 2.05) is 18.2 Å². The molecule has 0 aliphatic carbocycles. The monoisotopic (exact) mass is 374 g/mol. The van der Waals surface area contributed by atoms with Gasteiger partial charge in [0, 0.05) is 15.8 Å². The Bertz CT molecular complexity index is 784. The van der Waals surface area contributed by atoms with Crippen LogP contribution in [0.2, 0.25) is 0 Å². The quantitative estimate of drug-likeness (QED) is 0.572. The molecule has 1 heterocycles. The lowest BCUT2D eigenvalue weighted by Gasteiger charge is -2.01. The fourth-order valence-corrected chi connectivity index (χ4v) is 2.97.